The Balaban J connectivity index is 1.86. The van der Waals surface area contributed by atoms with Crippen molar-refractivity contribution in [3.63, 3.8) is 0 Å². The van der Waals surface area contributed by atoms with Gasteiger partial charge >= 0.3 is 6.09 Å². The van der Waals surface area contributed by atoms with Crippen molar-refractivity contribution in [2.45, 2.75) is 41.2 Å². The van der Waals surface area contributed by atoms with Gasteiger partial charge in [0.25, 0.3) is 0 Å². The molecule has 0 radical (unpaired) electrons. The molecular formula is C29H31FN2O2. The van der Waals surface area contributed by atoms with E-state index in [2.05, 4.69) is 32.0 Å². The molecule has 0 aliphatic carbocycles. The molecule has 4 rings (SSSR count). The molecule has 176 valence electrons. The van der Waals surface area contributed by atoms with Crippen LogP contribution < -0.4 is 4.74 Å². The largest absolute Gasteiger partial charge is 0.415 e. The topological polar surface area (TPSA) is 34.5 Å². The second-order valence-electron chi connectivity index (χ2n) is 8.78. The lowest BCUT2D eigenvalue weighted by Gasteiger charge is -2.20. The lowest BCUT2D eigenvalue weighted by atomic mass is 9.97. The van der Waals surface area contributed by atoms with Gasteiger partial charge in [0, 0.05) is 41.3 Å². The third-order valence-corrected chi connectivity index (χ3v) is 6.26. The lowest BCUT2D eigenvalue weighted by molar-refractivity contribution is 0.157. The first kappa shape index (κ1) is 23.6. The molecule has 0 N–H and O–H groups in total. The lowest BCUT2D eigenvalue weighted by Crippen LogP contribution is -2.33. The normalized spacial score (nSPS) is 11.1. The number of benzene rings is 3. The van der Waals surface area contributed by atoms with Crippen LogP contribution in [0.5, 0.6) is 5.75 Å². The predicted octanol–water partition coefficient (Wildman–Crippen LogP) is 7.26. The molecule has 4 aromatic rings. The van der Waals surface area contributed by atoms with Crippen molar-refractivity contribution in [1.29, 1.82) is 0 Å². The SMILES string of the molecule is CCN(CC)C(=O)Oc1ccc2c(ccn2Cc2cccc(C)c2F)c1-c1cc(C)cc(C)c1. The summed E-state index contributed by atoms with van der Waals surface area (Å²) in [7, 11) is 0. The van der Waals surface area contributed by atoms with Gasteiger partial charge in [-0.15, -0.1) is 0 Å². The van der Waals surface area contributed by atoms with Crippen molar-refractivity contribution in [3.05, 3.63) is 88.9 Å². The van der Waals surface area contributed by atoms with Crippen LogP contribution in [-0.2, 0) is 6.54 Å². The molecule has 4 nitrogen and oxygen atoms in total. The molecule has 0 bridgehead atoms. The molecule has 0 atom stereocenters. The number of carbonyl (C=O) groups is 1. The number of nitrogens with zero attached hydrogens (tertiary/aromatic N) is 2. The first-order valence-corrected chi connectivity index (χ1v) is 11.7. The number of aryl methyl sites for hydroxylation is 3. The second-order valence-corrected chi connectivity index (χ2v) is 8.78. The van der Waals surface area contributed by atoms with Gasteiger partial charge in [0.2, 0.25) is 0 Å². The van der Waals surface area contributed by atoms with Gasteiger partial charge < -0.3 is 14.2 Å². The third kappa shape index (κ3) is 4.56. The highest BCUT2D eigenvalue weighted by atomic mass is 19.1. The summed E-state index contributed by atoms with van der Waals surface area (Å²) in [6.45, 7) is 11.3. The van der Waals surface area contributed by atoms with Crippen molar-refractivity contribution >= 4 is 17.0 Å². The molecule has 0 aliphatic rings. The molecule has 0 unspecified atom stereocenters. The van der Waals surface area contributed by atoms with Gasteiger partial charge in [-0.25, -0.2) is 9.18 Å². The molecule has 34 heavy (non-hydrogen) atoms. The first-order valence-electron chi connectivity index (χ1n) is 11.7. The Hall–Kier alpha value is -3.60. The zero-order valence-electron chi connectivity index (χ0n) is 20.5. The first-order chi connectivity index (χ1) is 16.3. The predicted molar refractivity (Wildman–Crippen MR) is 136 cm³/mol. The van der Waals surface area contributed by atoms with Crippen LogP contribution in [0.1, 0.15) is 36.1 Å². The Morgan fingerprint density at radius 3 is 2.35 bits per heavy atom. The number of aromatic nitrogens is 1. The average molecular weight is 459 g/mol. The van der Waals surface area contributed by atoms with Gasteiger partial charge in [-0.1, -0.05) is 47.5 Å². The van der Waals surface area contributed by atoms with Gasteiger partial charge in [0.15, 0.2) is 0 Å². The summed E-state index contributed by atoms with van der Waals surface area (Å²) in [5, 5.41) is 0.961. The quantitative estimate of drug-likeness (QED) is 0.305. The smallest absolute Gasteiger partial charge is 0.410 e. The Kier molecular flexibility index (Phi) is 6.73. The maximum atomic E-state index is 14.7. The molecule has 3 aromatic carbocycles. The minimum atomic E-state index is -0.365. The second kappa shape index (κ2) is 9.72. The number of halogens is 1. The number of rotatable bonds is 6. The van der Waals surface area contributed by atoms with Crippen molar-refractivity contribution in [3.8, 4) is 16.9 Å². The number of fused-ring (bicyclic) bond motifs is 1. The number of hydrogen-bond acceptors (Lipinski definition) is 2. The number of carbonyl (C=O) groups excluding carboxylic acids is 1. The molecule has 1 aromatic heterocycles. The van der Waals surface area contributed by atoms with Crippen molar-refractivity contribution in [2.75, 3.05) is 13.1 Å². The Morgan fingerprint density at radius 2 is 1.68 bits per heavy atom. The fraction of sp³-hybridized carbons (Fsp3) is 0.276. The highest BCUT2D eigenvalue weighted by Crippen LogP contribution is 2.39. The van der Waals surface area contributed by atoms with Gasteiger partial charge in [0.1, 0.15) is 11.6 Å². The molecule has 0 aliphatic heterocycles. The fourth-order valence-corrected chi connectivity index (χ4v) is 4.55. The summed E-state index contributed by atoms with van der Waals surface area (Å²) in [5.74, 6) is 0.345. The van der Waals surface area contributed by atoms with Crippen LogP contribution >= 0.6 is 0 Å². The van der Waals surface area contributed by atoms with E-state index >= 15 is 0 Å². The van der Waals surface area contributed by atoms with Gasteiger partial charge in [-0.05, 0) is 63.9 Å². The zero-order chi connectivity index (χ0) is 24.4. The van der Waals surface area contributed by atoms with Crippen LogP contribution in [0.2, 0.25) is 0 Å². The summed E-state index contributed by atoms with van der Waals surface area (Å²) in [6, 6.07) is 17.6. The van der Waals surface area contributed by atoms with Gasteiger partial charge in [-0.2, -0.15) is 0 Å². The van der Waals surface area contributed by atoms with Crippen LogP contribution in [-0.4, -0.2) is 28.6 Å². The summed E-state index contributed by atoms with van der Waals surface area (Å²) in [4.78, 5) is 14.5. The van der Waals surface area contributed by atoms with E-state index in [1.165, 1.54) is 0 Å². The van der Waals surface area contributed by atoms with Crippen LogP contribution in [0.25, 0.3) is 22.0 Å². The van der Waals surface area contributed by atoms with E-state index in [1.54, 1.807) is 17.9 Å². The minimum Gasteiger partial charge on any atom is -0.410 e. The summed E-state index contributed by atoms with van der Waals surface area (Å²) >= 11 is 0. The minimum absolute atomic E-state index is 0.177. The molecule has 5 heteroatoms. The molecular weight excluding hydrogens is 427 g/mol. The summed E-state index contributed by atoms with van der Waals surface area (Å²) in [6.07, 6.45) is 1.60. The zero-order valence-corrected chi connectivity index (χ0v) is 20.5. The van der Waals surface area contributed by atoms with Gasteiger partial charge in [-0.3, -0.25) is 0 Å². The summed E-state index contributed by atoms with van der Waals surface area (Å²) < 4.78 is 22.7. The van der Waals surface area contributed by atoms with Crippen LogP contribution in [0.15, 0.2) is 60.8 Å². The monoisotopic (exact) mass is 458 g/mol. The van der Waals surface area contributed by atoms with E-state index < -0.39 is 0 Å². The molecule has 0 saturated carbocycles. The average Bonchev–Trinajstić information content (AvgIpc) is 3.19. The van der Waals surface area contributed by atoms with Crippen molar-refractivity contribution in [2.24, 2.45) is 0 Å². The molecule has 0 spiro atoms. The van der Waals surface area contributed by atoms with E-state index in [0.29, 0.717) is 36.5 Å². The highest BCUT2D eigenvalue weighted by molar-refractivity contribution is 6.00. The number of ether oxygens (including phenoxy) is 1. The third-order valence-electron chi connectivity index (χ3n) is 6.26. The van der Waals surface area contributed by atoms with E-state index in [4.69, 9.17) is 4.74 Å². The molecule has 1 heterocycles. The number of hydrogen-bond donors (Lipinski definition) is 0. The maximum absolute atomic E-state index is 14.7. The van der Waals surface area contributed by atoms with E-state index in [0.717, 1.165) is 33.2 Å². The van der Waals surface area contributed by atoms with Crippen LogP contribution in [0.4, 0.5) is 9.18 Å². The van der Waals surface area contributed by atoms with E-state index in [9.17, 15) is 9.18 Å². The Labute approximate surface area is 200 Å². The molecule has 1 amide bonds. The fourth-order valence-electron chi connectivity index (χ4n) is 4.55. The van der Waals surface area contributed by atoms with E-state index in [1.807, 2.05) is 54.9 Å². The summed E-state index contributed by atoms with van der Waals surface area (Å²) in [5.41, 5.74) is 6.36. The highest BCUT2D eigenvalue weighted by Gasteiger charge is 2.20. The Bertz CT molecular complexity index is 1330. The maximum Gasteiger partial charge on any atom is 0.415 e. The standard InChI is InChI=1S/C29H31FN2O2/c1-6-31(7-2)29(33)34-26-12-11-25-24(27(26)23-16-19(3)15-20(4)17-23)13-14-32(25)18-22-10-8-9-21(5)28(22)30/h8-17H,6-7,18H2,1-5H3. The van der Waals surface area contributed by atoms with E-state index in [-0.39, 0.29) is 11.9 Å². The van der Waals surface area contributed by atoms with Gasteiger partial charge in [0.05, 0.1) is 6.54 Å². The van der Waals surface area contributed by atoms with Crippen LogP contribution in [0, 0.1) is 26.6 Å². The Morgan fingerprint density at radius 1 is 0.971 bits per heavy atom. The van der Waals surface area contributed by atoms with Crippen molar-refractivity contribution < 1.29 is 13.9 Å². The number of amides is 1. The molecule has 0 fully saturated rings. The van der Waals surface area contributed by atoms with Crippen molar-refractivity contribution in [1.82, 2.24) is 9.47 Å². The van der Waals surface area contributed by atoms with Crippen LogP contribution in [0.3, 0.4) is 0 Å². The molecule has 0 saturated heterocycles.